The number of hydrogen-bond acceptors (Lipinski definition) is 6. The number of ether oxygens (including phenoxy) is 3. The number of methoxy groups -OCH3 is 1. The minimum atomic E-state index is -0.631. The molecule has 2 rings (SSSR count). The molecule has 6 heteroatoms. The molecule has 2 fully saturated rings. The number of Topliss-reactive ketones (excluding diaryl/α,β-unsaturated/α-hetero) is 1. The fraction of sp³-hybridized carbons (Fsp3) is 0.762. The summed E-state index contributed by atoms with van der Waals surface area (Å²) in [5.41, 5.74) is 0.304. The van der Waals surface area contributed by atoms with Crippen LogP contribution in [0.25, 0.3) is 0 Å². The quantitative estimate of drug-likeness (QED) is 0.329. The van der Waals surface area contributed by atoms with Crippen molar-refractivity contribution in [2.75, 3.05) is 13.7 Å². The summed E-state index contributed by atoms with van der Waals surface area (Å²) < 4.78 is 16.9. The van der Waals surface area contributed by atoms with Crippen LogP contribution in [-0.4, -0.2) is 44.1 Å². The number of ketones is 1. The molecule has 0 spiro atoms. The van der Waals surface area contributed by atoms with Gasteiger partial charge in [-0.15, -0.1) is 0 Å². The molecule has 0 bridgehead atoms. The molecule has 0 aromatic carbocycles. The lowest BCUT2D eigenvalue weighted by atomic mass is 9.76. The van der Waals surface area contributed by atoms with E-state index in [1.807, 2.05) is 6.92 Å². The van der Waals surface area contributed by atoms with Crippen LogP contribution in [0, 0.1) is 17.8 Å². The number of rotatable bonds is 10. The van der Waals surface area contributed by atoms with Crippen LogP contribution in [0.4, 0.5) is 0 Å². The summed E-state index contributed by atoms with van der Waals surface area (Å²) >= 11 is 0. The highest BCUT2D eigenvalue weighted by molar-refractivity contribution is 5.84. The largest absolute Gasteiger partial charge is 0.469 e. The second-order valence-electron chi connectivity index (χ2n) is 7.52. The molecule has 5 atom stereocenters. The highest BCUT2D eigenvalue weighted by Crippen LogP contribution is 2.37. The topological polar surface area (TPSA) is 78.9 Å². The highest BCUT2D eigenvalue weighted by Gasteiger charge is 2.41. The number of aldehydes is 1. The molecule has 0 unspecified atom stereocenters. The maximum atomic E-state index is 12.6. The van der Waals surface area contributed by atoms with E-state index in [4.69, 9.17) is 14.2 Å². The second kappa shape index (κ2) is 10.7. The van der Waals surface area contributed by atoms with Gasteiger partial charge >= 0.3 is 5.97 Å². The van der Waals surface area contributed by atoms with Gasteiger partial charge in [-0.3, -0.25) is 14.4 Å². The Morgan fingerprint density at radius 3 is 2.63 bits per heavy atom. The van der Waals surface area contributed by atoms with Crippen molar-refractivity contribution in [1.29, 1.82) is 0 Å². The molecule has 1 aliphatic carbocycles. The molecule has 6 nitrogen and oxygen atoms in total. The molecule has 0 aromatic heterocycles. The molecule has 2 aliphatic rings. The van der Waals surface area contributed by atoms with E-state index < -0.39 is 23.9 Å². The van der Waals surface area contributed by atoms with Gasteiger partial charge in [-0.1, -0.05) is 13.5 Å². The van der Waals surface area contributed by atoms with Crippen molar-refractivity contribution < 1.29 is 28.6 Å². The lowest BCUT2D eigenvalue weighted by molar-refractivity contribution is -0.202. The van der Waals surface area contributed by atoms with Gasteiger partial charge in [-0.05, 0) is 50.5 Å². The molecule has 0 radical (unpaired) electrons. The molecule has 152 valence electrons. The second-order valence-corrected chi connectivity index (χ2v) is 7.52. The molecule has 1 aliphatic heterocycles. The summed E-state index contributed by atoms with van der Waals surface area (Å²) in [7, 11) is 1.33. The normalized spacial score (nSPS) is 26.2. The molecule has 0 N–H and O–H groups in total. The third kappa shape index (κ3) is 5.72. The minimum Gasteiger partial charge on any atom is -0.469 e. The highest BCUT2D eigenvalue weighted by atomic mass is 16.7. The molecule has 1 saturated carbocycles. The predicted molar refractivity (Wildman–Crippen MR) is 99.9 cm³/mol. The number of carbonyl (C=O) groups is 3. The lowest BCUT2D eigenvalue weighted by Crippen LogP contribution is -2.40. The first-order chi connectivity index (χ1) is 13.0. The number of esters is 1. The summed E-state index contributed by atoms with van der Waals surface area (Å²) in [5.74, 6) is -1.56. The van der Waals surface area contributed by atoms with Crippen molar-refractivity contribution in [3.8, 4) is 0 Å². The average Bonchev–Trinajstić information content (AvgIpc) is 3.10. The number of hydrogen-bond donors (Lipinski definition) is 0. The smallest absolute Gasteiger partial charge is 0.309 e. The van der Waals surface area contributed by atoms with Crippen LogP contribution in [0.3, 0.4) is 0 Å². The zero-order valence-electron chi connectivity index (χ0n) is 16.5. The van der Waals surface area contributed by atoms with Gasteiger partial charge in [0.1, 0.15) is 12.1 Å². The van der Waals surface area contributed by atoms with Crippen molar-refractivity contribution >= 4 is 18.0 Å². The van der Waals surface area contributed by atoms with E-state index in [2.05, 4.69) is 6.58 Å². The van der Waals surface area contributed by atoms with E-state index in [0.29, 0.717) is 37.7 Å². The monoisotopic (exact) mass is 380 g/mol. The van der Waals surface area contributed by atoms with E-state index in [0.717, 1.165) is 32.1 Å². The van der Waals surface area contributed by atoms with Crippen molar-refractivity contribution in [1.82, 2.24) is 0 Å². The van der Waals surface area contributed by atoms with E-state index in [1.54, 1.807) is 0 Å². The first kappa shape index (κ1) is 21.8. The van der Waals surface area contributed by atoms with Crippen LogP contribution in [-0.2, 0) is 28.6 Å². The Morgan fingerprint density at radius 2 is 2.11 bits per heavy atom. The summed E-state index contributed by atoms with van der Waals surface area (Å²) in [6.45, 7) is 6.49. The van der Waals surface area contributed by atoms with Crippen LogP contribution in [0.15, 0.2) is 12.2 Å². The van der Waals surface area contributed by atoms with Crippen molar-refractivity contribution in [3.63, 3.8) is 0 Å². The van der Waals surface area contributed by atoms with Gasteiger partial charge in [0, 0.05) is 24.9 Å². The lowest BCUT2D eigenvalue weighted by Gasteiger charge is -2.35. The Bertz CT molecular complexity index is 537. The van der Waals surface area contributed by atoms with Crippen LogP contribution < -0.4 is 0 Å². The van der Waals surface area contributed by atoms with E-state index in [1.165, 1.54) is 7.11 Å². The Morgan fingerprint density at radius 1 is 1.33 bits per heavy atom. The number of carbonyl (C=O) groups excluding carboxylic acids is 3. The summed E-state index contributed by atoms with van der Waals surface area (Å²) in [5, 5.41) is 0. The zero-order valence-corrected chi connectivity index (χ0v) is 16.5. The van der Waals surface area contributed by atoms with Crippen LogP contribution in [0.5, 0.6) is 0 Å². The van der Waals surface area contributed by atoms with E-state index in [9.17, 15) is 14.4 Å². The molecule has 0 aromatic rings. The molecular formula is C21H32O6. The average molecular weight is 380 g/mol. The van der Waals surface area contributed by atoms with Gasteiger partial charge in [0.25, 0.3) is 0 Å². The maximum absolute atomic E-state index is 12.6. The fourth-order valence-electron chi connectivity index (χ4n) is 4.27. The Kier molecular flexibility index (Phi) is 8.64. The van der Waals surface area contributed by atoms with Crippen molar-refractivity contribution in [2.45, 2.75) is 70.7 Å². The summed E-state index contributed by atoms with van der Waals surface area (Å²) in [6, 6.07) is 0. The van der Waals surface area contributed by atoms with Gasteiger partial charge < -0.3 is 14.2 Å². The Hall–Kier alpha value is -1.53. The molecule has 1 heterocycles. The summed E-state index contributed by atoms with van der Waals surface area (Å²) in [6.07, 6.45) is 5.93. The predicted octanol–water partition coefficient (Wildman–Crippen LogP) is 3.23. The van der Waals surface area contributed by atoms with Gasteiger partial charge in [0.15, 0.2) is 6.29 Å². The van der Waals surface area contributed by atoms with Gasteiger partial charge in [-0.2, -0.15) is 0 Å². The fourth-order valence-corrected chi connectivity index (χ4v) is 4.27. The van der Waals surface area contributed by atoms with Crippen molar-refractivity contribution in [2.24, 2.45) is 17.8 Å². The Labute approximate surface area is 161 Å². The molecule has 0 amide bonds. The van der Waals surface area contributed by atoms with E-state index >= 15 is 0 Å². The third-order valence-corrected chi connectivity index (χ3v) is 5.75. The minimum absolute atomic E-state index is 0.167. The summed E-state index contributed by atoms with van der Waals surface area (Å²) in [4.78, 5) is 36.3. The van der Waals surface area contributed by atoms with E-state index in [-0.39, 0.29) is 18.0 Å². The van der Waals surface area contributed by atoms with Gasteiger partial charge in [-0.25, -0.2) is 0 Å². The van der Waals surface area contributed by atoms with Crippen LogP contribution in [0.2, 0.25) is 0 Å². The van der Waals surface area contributed by atoms with Gasteiger partial charge in [0.2, 0.25) is 0 Å². The standard InChI is InChI=1S/C21H32O6/c1-4-18(27-19-10-5-6-11-26-19)20(14(2)13-22)16(21(24)25-3)12-15-8-7-9-17(15)23/h13,15-16,18-20H,2,4-12H2,1,3H3/t15-,16-,18-,19-,20+/m1/s1. The SMILES string of the molecule is C=C(C=O)[C@H]([C@@H](CC)O[C@@H]1CCCCO1)[C@@H](C[C@H]1CCCC1=O)C(=O)OC. The van der Waals surface area contributed by atoms with Crippen LogP contribution in [0.1, 0.15) is 58.3 Å². The molecule has 1 saturated heterocycles. The molecular weight excluding hydrogens is 348 g/mol. The Balaban J connectivity index is 2.23. The molecule has 27 heavy (non-hydrogen) atoms. The third-order valence-electron chi connectivity index (χ3n) is 5.75. The first-order valence-corrected chi connectivity index (χ1v) is 10.0. The van der Waals surface area contributed by atoms with Gasteiger partial charge in [0.05, 0.1) is 19.1 Å². The van der Waals surface area contributed by atoms with Crippen molar-refractivity contribution in [3.05, 3.63) is 12.2 Å². The first-order valence-electron chi connectivity index (χ1n) is 10.0. The maximum Gasteiger partial charge on any atom is 0.309 e. The van der Waals surface area contributed by atoms with Crippen LogP contribution >= 0.6 is 0 Å². The zero-order chi connectivity index (χ0) is 19.8.